The van der Waals surface area contributed by atoms with Crippen LogP contribution in [0.1, 0.15) is 40.2 Å². The molecule has 2 aromatic carbocycles. The fraction of sp³-hybridized carbons (Fsp3) is 0.211. The molecule has 24 heavy (non-hydrogen) atoms. The van der Waals surface area contributed by atoms with E-state index in [0.29, 0.717) is 14.9 Å². The molecule has 0 radical (unpaired) electrons. The fourth-order valence-electron chi connectivity index (χ4n) is 2.66. The van der Waals surface area contributed by atoms with Gasteiger partial charge in [-0.05, 0) is 31.0 Å². The Morgan fingerprint density at radius 2 is 1.88 bits per heavy atom. The van der Waals surface area contributed by atoms with E-state index < -0.39 is 0 Å². The van der Waals surface area contributed by atoms with Crippen molar-refractivity contribution in [1.29, 1.82) is 0 Å². The van der Waals surface area contributed by atoms with E-state index in [9.17, 15) is 4.79 Å². The summed E-state index contributed by atoms with van der Waals surface area (Å²) in [5, 5.41) is 4.83. The van der Waals surface area contributed by atoms with Crippen molar-refractivity contribution < 1.29 is 4.79 Å². The van der Waals surface area contributed by atoms with E-state index >= 15 is 0 Å². The quantitative estimate of drug-likeness (QED) is 0.559. The van der Waals surface area contributed by atoms with Crippen molar-refractivity contribution in [2.24, 2.45) is 0 Å². The Morgan fingerprint density at radius 1 is 1.17 bits per heavy atom. The van der Waals surface area contributed by atoms with Crippen LogP contribution in [0, 0.1) is 6.92 Å². The molecule has 0 saturated carbocycles. The second kappa shape index (κ2) is 7.14. The van der Waals surface area contributed by atoms with Crippen LogP contribution in [0.3, 0.4) is 0 Å². The Hall–Kier alpha value is -1.55. The van der Waals surface area contributed by atoms with Crippen LogP contribution in [0.5, 0.6) is 0 Å². The molecule has 0 spiro atoms. The lowest BCUT2D eigenvalue weighted by atomic mass is 10.0. The first kappa shape index (κ1) is 17.3. The van der Waals surface area contributed by atoms with E-state index in [2.05, 4.69) is 17.4 Å². The van der Waals surface area contributed by atoms with Gasteiger partial charge in [-0.2, -0.15) is 0 Å². The van der Waals surface area contributed by atoms with Gasteiger partial charge in [0.15, 0.2) is 0 Å². The highest BCUT2D eigenvalue weighted by molar-refractivity contribution is 7.21. The molecule has 1 N–H and O–H groups in total. The maximum absolute atomic E-state index is 12.7. The SMILES string of the molecule is CCC(NC(=O)c1sc2cccc(Cl)c2c1Cl)c1ccc(C)cc1. The number of rotatable bonds is 4. The van der Waals surface area contributed by atoms with Crippen LogP contribution < -0.4 is 5.32 Å². The zero-order valence-electron chi connectivity index (χ0n) is 13.4. The highest BCUT2D eigenvalue weighted by Gasteiger charge is 2.21. The van der Waals surface area contributed by atoms with Gasteiger partial charge >= 0.3 is 0 Å². The van der Waals surface area contributed by atoms with E-state index in [-0.39, 0.29) is 11.9 Å². The predicted molar refractivity (Wildman–Crippen MR) is 104 cm³/mol. The maximum Gasteiger partial charge on any atom is 0.263 e. The van der Waals surface area contributed by atoms with E-state index in [0.717, 1.165) is 22.1 Å². The summed E-state index contributed by atoms with van der Waals surface area (Å²) in [6.45, 7) is 4.10. The van der Waals surface area contributed by atoms with E-state index in [1.54, 1.807) is 6.07 Å². The smallest absolute Gasteiger partial charge is 0.263 e. The summed E-state index contributed by atoms with van der Waals surface area (Å²) in [6, 6.07) is 13.7. The van der Waals surface area contributed by atoms with Gasteiger partial charge in [0.05, 0.1) is 16.1 Å². The molecule has 3 aromatic rings. The third-order valence-electron chi connectivity index (χ3n) is 4.01. The molecule has 3 rings (SSSR count). The molecule has 5 heteroatoms. The summed E-state index contributed by atoms with van der Waals surface area (Å²) in [7, 11) is 0. The highest BCUT2D eigenvalue weighted by atomic mass is 35.5. The van der Waals surface area contributed by atoms with Gasteiger partial charge in [0.25, 0.3) is 5.91 Å². The Bertz CT molecular complexity index is 886. The van der Waals surface area contributed by atoms with Gasteiger partial charge in [-0.3, -0.25) is 4.79 Å². The number of thiophene rings is 1. The first-order chi connectivity index (χ1) is 11.5. The van der Waals surface area contributed by atoms with Gasteiger partial charge in [-0.1, -0.05) is 66.0 Å². The average molecular weight is 378 g/mol. The largest absolute Gasteiger partial charge is 0.345 e. The van der Waals surface area contributed by atoms with Crippen molar-refractivity contribution in [2.45, 2.75) is 26.3 Å². The number of nitrogens with one attached hydrogen (secondary N) is 1. The van der Waals surface area contributed by atoms with Crippen LogP contribution in [-0.2, 0) is 0 Å². The Balaban J connectivity index is 1.90. The Morgan fingerprint density at radius 3 is 2.50 bits per heavy atom. The molecule has 2 nitrogen and oxygen atoms in total. The van der Waals surface area contributed by atoms with Gasteiger partial charge in [0.2, 0.25) is 0 Å². The molecule has 1 unspecified atom stereocenters. The van der Waals surface area contributed by atoms with Gasteiger partial charge in [0, 0.05) is 10.1 Å². The maximum atomic E-state index is 12.7. The zero-order chi connectivity index (χ0) is 17.3. The minimum atomic E-state index is -0.162. The van der Waals surface area contributed by atoms with Crippen molar-refractivity contribution in [3.05, 3.63) is 68.5 Å². The summed E-state index contributed by atoms with van der Waals surface area (Å²) in [5.74, 6) is -0.162. The van der Waals surface area contributed by atoms with Crippen molar-refractivity contribution >= 4 is 50.5 Å². The molecule has 1 atom stereocenters. The van der Waals surface area contributed by atoms with Crippen molar-refractivity contribution in [2.75, 3.05) is 0 Å². The molecule has 0 saturated heterocycles. The predicted octanol–water partition coefficient (Wildman–Crippen LogP) is 6.40. The van der Waals surface area contributed by atoms with Crippen LogP contribution >= 0.6 is 34.5 Å². The molecule has 0 bridgehead atoms. The lowest BCUT2D eigenvalue weighted by Crippen LogP contribution is -2.27. The van der Waals surface area contributed by atoms with Gasteiger partial charge in [-0.15, -0.1) is 11.3 Å². The number of fused-ring (bicyclic) bond motifs is 1. The van der Waals surface area contributed by atoms with Crippen molar-refractivity contribution in [3.8, 4) is 0 Å². The van der Waals surface area contributed by atoms with Crippen molar-refractivity contribution in [3.63, 3.8) is 0 Å². The summed E-state index contributed by atoms with van der Waals surface area (Å²) < 4.78 is 0.918. The lowest BCUT2D eigenvalue weighted by Gasteiger charge is -2.17. The normalized spacial score (nSPS) is 12.3. The molecule has 1 heterocycles. The first-order valence-electron chi connectivity index (χ1n) is 7.75. The first-order valence-corrected chi connectivity index (χ1v) is 9.32. The molecule has 1 amide bonds. The minimum absolute atomic E-state index is 0.0464. The lowest BCUT2D eigenvalue weighted by molar-refractivity contribution is 0.0940. The van der Waals surface area contributed by atoms with E-state index in [4.69, 9.17) is 23.2 Å². The average Bonchev–Trinajstić information content (AvgIpc) is 2.92. The van der Waals surface area contributed by atoms with Gasteiger partial charge in [-0.25, -0.2) is 0 Å². The van der Waals surface area contributed by atoms with E-state index in [1.807, 2.05) is 38.1 Å². The van der Waals surface area contributed by atoms with E-state index in [1.165, 1.54) is 16.9 Å². The Kier molecular flexibility index (Phi) is 5.14. The Labute approximate surface area is 155 Å². The van der Waals surface area contributed by atoms with Crippen LogP contribution in [0.2, 0.25) is 10.0 Å². The van der Waals surface area contributed by atoms with Crippen LogP contribution in [0.4, 0.5) is 0 Å². The standard InChI is InChI=1S/C19H17Cl2NOS/c1-3-14(12-9-7-11(2)8-10-12)22-19(23)18-17(21)16-13(20)5-4-6-15(16)24-18/h4-10,14H,3H2,1-2H3,(H,22,23). The summed E-state index contributed by atoms with van der Waals surface area (Å²) >= 11 is 14.0. The molecule has 124 valence electrons. The second-order valence-electron chi connectivity index (χ2n) is 5.70. The number of hydrogen-bond donors (Lipinski definition) is 1. The molecular formula is C19H17Cl2NOS. The monoisotopic (exact) mass is 377 g/mol. The second-order valence-corrected chi connectivity index (χ2v) is 7.54. The summed E-state index contributed by atoms with van der Waals surface area (Å²) in [5.41, 5.74) is 2.29. The number of aryl methyl sites for hydroxylation is 1. The third-order valence-corrected chi connectivity index (χ3v) is 5.96. The number of hydrogen-bond acceptors (Lipinski definition) is 2. The molecular weight excluding hydrogens is 361 g/mol. The van der Waals surface area contributed by atoms with Gasteiger partial charge < -0.3 is 5.32 Å². The summed E-state index contributed by atoms with van der Waals surface area (Å²) in [4.78, 5) is 13.2. The third kappa shape index (κ3) is 3.30. The molecule has 0 fully saturated rings. The van der Waals surface area contributed by atoms with Crippen LogP contribution in [-0.4, -0.2) is 5.91 Å². The molecule has 1 aromatic heterocycles. The minimum Gasteiger partial charge on any atom is -0.345 e. The molecule has 0 aliphatic rings. The number of halogens is 2. The topological polar surface area (TPSA) is 29.1 Å². The van der Waals surface area contributed by atoms with Crippen LogP contribution in [0.15, 0.2) is 42.5 Å². The van der Waals surface area contributed by atoms with Crippen molar-refractivity contribution in [1.82, 2.24) is 5.32 Å². The van der Waals surface area contributed by atoms with Gasteiger partial charge in [0.1, 0.15) is 4.88 Å². The molecule has 0 aliphatic heterocycles. The number of carbonyl (C=O) groups is 1. The number of benzene rings is 2. The highest BCUT2D eigenvalue weighted by Crippen LogP contribution is 2.39. The van der Waals surface area contributed by atoms with Crippen LogP contribution in [0.25, 0.3) is 10.1 Å². The zero-order valence-corrected chi connectivity index (χ0v) is 15.7. The fourth-order valence-corrected chi connectivity index (χ4v) is 4.52. The summed E-state index contributed by atoms with van der Waals surface area (Å²) in [6.07, 6.45) is 0.804. The number of carbonyl (C=O) groups excluding carboxylic acids is 1. The number of amides is 1. The molecule has 0 aliphatic carbocycles.